The summed E-state index contributed by atoms with van der Waals surface area (Å²) in [5, 5.41) is 8.55. The van der Waals surface area contributed by atoms with Crippen LogP contribution >= 0.6 is 0 Å². The Balaban J connectivity index is 1.43. The van der Waals surface area contributed by atoms with Gasteiger partial charge >= 0.3 is 0 Å². The van der Waals surface area contributed by atoms with Crippen molar-refractivity contribution in [1.29, 1.82) is 0 Å². The van der Waals surface area contributed by atoms with Crippen molar-refractivity contribution in [3.63, 3.8) is 0 Å². The van der Waals surface area contributed by atoms with Gasteiger partial charge in [0.2, 0.25) is 0 Å². The molecule has 0 aliphatic carbocycles. The lowest BCUT2D eigenvalue weighted by Crippen LogP contribution is -1.96. The molecule has 0 spiro atoms. The molecule has 4 heterocycles. The highest BCUT2D eigenvalue weighted by Gasteiger charge is 2.23. The molecular weight excluding hydrogens is 573 g/mol. The highest BCUT2D eigenvalue weighted by atomic mass is 15.0. The number of nitrogens with zero attached hydrogens (tertiary/aromatic N) is 4. The molecule has 11 aromatic rings. The van der Waals surface area contributed by atoms with E-state index in [2.05, 4.69) is 171 Å². The lowest BCUT2D eigenvalue weighted by atomic mass is 9.99. The summed E-state index contributed by atoms with van der Waals surface area (Å²) in [6, 6.07) is 56.8. The van der Waals surface area contributed by atoms with Gasteiger partial charge in [0, 0.05) is 43.7 Å². The molecule has 0 N–H and O–H groups in total. The molecule has 47 heavy (non-hydrogen) atoms. The Morgan fingerprint density at radius 1 is 0.340 bits per heavy atom. The van der Waals surface area contributed by atoms with Crippen LogP contribution in [0.5, 0.6) is 0 Å². The monoisotopic (exact) mass is 598 g/mol. The maximum atomic E-state index is 5.43. The van der Waals surface area contributed by atoms with Crippen LogP contribution in [0.4, 0.5) is 0 Å². The van der Waals surface area contributed by atoms with Crippen LogP contribution in [0.3, 0.4) is 0 Å². The van der Waals surface area contributed by atoms with Gasteiger partial charge in [-0.1, -0.05) is 97.1 Å². The molecule has 4 aromatic heterocycles. The van der Waals surface area contributed by atoms with E-state index in [0.717, 1.165) is 28.1 Å². The standard InChI is InChI=1S/C43H26N4/c1-3-13-27(14-4-1)45-34-20-10-7-17-31(34)39-37(45)25-23-29-30-24-26-38-40(32-18-8-11-21-35(32)46(38)28-15-5-2-6-16-28)42(30)47-36-22-12-9-19-33(36)44-43(47)41(29)39/h1-26H. The second-order valence-electron chi connectivity index (χ2n) is 12.4. The number of benzene rings is 7. The van der Waals surface area contributed by atoms with Crippen molar-refractivity contribution in [2.75, 3.05) is 0 Å². The summed E-state index contributed by atoms with van der Waals surface area (Å²) in [5.41, 5.74) is 11.3. The van der Waals surface area contributed by atoms with E-state index in [1.807, 2.05) is 0 Å². The molecule has 11 rings (SSSR count). The number of hydrogen-bond donors (Lipinski definition) is 0. The van der Waals surface area contributed by atoms with Crippen molar-refractivity contribution in [2.45, 2.75) is 0 Å². The van der Waals surface area contributed by atoms with Crippen molar-refractivity contribution in [3.05, 3.63) is 158 Å². The maximum absolute atomic E-state index is 5.43. The summed E-state index contributed by atoms with van der Waals surface area (Å²) in [6.45, 7) is 0. The van der Waals surface area contributed by atoms with Crippen molar-refractivity contribution in [1.82, 2.24) is 18.5 Å². The zero-order chi connectivity index (χ0) is 30.6. The molecule has 0 saturated carbocycles. The summed E-state index contributed by atoms with van der Waals surface area (Å²) in [7, 11) is 0. The largest absolute Gasteiger partial charge is 0.309 e. The molecule has 0 aliphatic heterocycles. The second kappa shape index (κ2) is 9.09. The molecule has 7 aromatic carbocycles. The number of imidazole rings is 1. The first kappa shape index (κ1) is 24.9. The van der Waals surface area contributed by atoms with Crippen LogP contribution in [0.1, 0.15) is 0 Å². The zero-order valence-electron chi connectivity index (χ0n) is 25.3. The van der Waals surface area contributed by atoms with Crippen molar-refractivity contribution < 1.29 is 0 Å². The van der Waals surface area contributed by atoms with E-state index in [9.17, 15) is 0 Å². The lowest BCUT2D eigenvalue weighted by Gasteiger charge is -2.13. The first-order valence-corrected chi connectivity index (χ1v) is 16.1. The first-order chi connectivity index (χ1) is 23.4. The maximum Gasteiger partial charge on any atom is 0.147 e. The Kier molecular flexibility index (Phi) is 4.81. The molecule has 4 nitrogen and oxygen atoms in total. The van der Waals surface area contributed by atoms with Crippen LogP contribution in [0.25, 0.3) is 93.3 Å². The molecular formula is C43H26N4. The Hall–Kier alpha value is -6.39. The average molecular weight is 599 g/mol. The molecule has 0 atom stereocenters. The summed E-state index contributed by atoms with van der Waals surface area (Å²) in [5.74, 6) is 0. The van der Waals surface area contributed by atoms with Crippen molar-refractivity contribution in [3.8, 4) is 11.4 Å². The van der Waals surface area contributed by atoms with Gasteiger partial charge in [0.05, 0.1) is 38.6 Å². The highest BCUT2D eigenvalue weighted by Crippen LogP contribution is 2.45. The Morgan fingerprint density at radius 2 is 0.851 bits per heavy atom. The van der Waals surface area contributed by atoms with Gasteiger partial charge in [-0.15, -0.1) is 0 Å². The van der Waals surface area contributed by atoms with Gasteiger partial charge < -0.3 is 9.13 Å². The smallest absolute Gasteiger partial charge is 0.147 e. The Morgan fingerprint density at radius 3 is 1.51 bits per heavy atom. The predicted octanol–water partition coefficient (Wildman–Crippen LogP) is 11.0. The lowest BCUT2D eigenvalue weighted by molar-refractivity contribution is 1.18. The Bertz CT molecular complexity index is 3050. The normalized spacial score (nSPS) is 12.3. The van der Waals surface area contributed by atoms with Gasteiger partial charge in [-0.3, -0.25) is 4.40 Å². The summed E-state index contributed by atoms with van der Waals surface area (Å²) < 4.78 is 7.23. The van der Waals surface area contributed by atoms with Gasteiger partial charge in [-0.2, -0.15) is 0 Å². The minimum absolute atomic E-state index is 0.985. The van der Waals surface area contributed by atoms with Crippen LogP contribution in [0.15, 0.2) is 158 Å². The van der Waals surface area contributed by atoms with E-state index >= 15 is 0 Å². The van der Waals surface area contributed by atoms with Crippen LogP contribution in [0.2, 0.25) is 0 Å². The van der Waals surface area contributed by atoms with Gasteiger partial charge in [0.25, 0.3) is 0 Å². The van der Waals surface area contributed by atoms with Crippen LogP contribution in [-0.2, 0) is 0 Å². The summed E-state index contributed by atoms with van der Waals surface area (Å²) in [6.07, 6.45) is 0. The molecule has 0 unspecified atom stereocenters. The summed E-state index contributed by atoms with van der Waals surface area (Å²) in [4.78, 5) is 5.43. The fraction of sp³-hybridized carbons (Fsp3) is 0. The molecule has 0 radical (unpaired) electrons. The third-order valence-corrected chi connectivity index (χ3v) is 9.98. The van der Waals surface area contributed by atoms with E-state index in [0.29, 0.717) is 0 Å². The molecule has 0 bridgehead atoms. The van der Waals surface area contributed by atoms with Crippen molar-refractivity contribution >= 4 is 82.0 Å². The highest BCUT2D eigenvalue weighted by molar-refractivity contribution is 6.33. The summed E-state index contributed by atoms with van der Waals surface area (Å²) >= 11 is 0. The SMILES string of the molecule is c1ccc(-n2c3ccccc3c3c4c(ccc32)c2ccc3c(c5ccccc5n3-c3ccccc3)c2n2c3ccccc3nc42)cc1. The third kappa shape index (κ3) is 3.19. The third-order valence-electron chi connectivity index (χ3n) is 9.98. The first-order valence-electron chi connectivity index (χ1n) is 16.1. The number of fused-ring (bicyclic) bond motifs is 16. The number of hydrogen-bond acceptors (Lipinski definition) is 1. The van der Waals surface area contributed by atoms with Crippen LogP contribution < -0.4 is 0 Å². The topological polar surface area (TPSA) is 27.2 Å². The number of pyridine rings is 1. The molecule has 0 amide bonds. The average Bonchev–Trinajstić information content (AvgIpc) is 3.80. The minimum atomic E-state index is 0.985. The second-order valence-corrected chi connectivity index (χ2v) is 12.4. The van der Waals surface area contributed by atoms with Gasteiger partial charge in [0.15, 0.2) is 0 Å². The zero-order valence-corrected chi connectivity index (χ0v) is 25.3. The van der Waals surface area contributed by atoms with Crippen molar-refractivity contribution in [2.24, 2.45) is 0 Å². The van der Waals surface area contributed by atoms with Crippen LogP contribution in [0, 0.1) is 0 Å². The number of rotatable bonds is 2. The quantitative estimate of drug-likeness (QED) is 0.182. The van der Waals surface area contributed by atoms with Gasteiger partial charge in [-0.05, 0) is 66.0 Å². The molecule has 218 valence electrons. The van der Waals surface area contributed by atoms with E-state index in [-0.39, 0.29) is 0 Å². The van der Waals surface area contributed by atoms with E-state index in [1.165, 1.54) is 65.3 Å². The van der Waals surface area contributed by atoms with Gasteiger partial charge in [-0.25, -0.2) is 4.98 Å². The van der Waals surface area contributed by atoms with E-state index < -0.39 is 0 Å². The molecule has 0 fully saturated rings. The molecule has 4 heteroatoms. The fourth-order valence-corrected chi connectivity index (χ4v) is 8.14. The number of para-hydroxylation sites is 6. The van der Waals surface area contributed by atoms with Gasteiger partial charge in [0.1, 0.15) is 5.65 Å². The van der Waals surface area contributed by atoms with Crippen LogP contribution in [-0.4, -0.2) is 18.5 Å². The minimum Gasteiger partial charge on any atom is -0.309 e. The Labute approximate surface area is 268 Å². The predicted molar refractivity (Wildman–Crippen MR) is 196 cm³/mol. The van der Waals surface area contributed by atoms with E-state index in [1.54, 1.807) is 0 Å². The number of aromatic nitrogens is 4. The fourth-order valence-electron chi connectivity index (χ4n) is 8.14. The molecule has 0 aliphatic rings. The molecule has 0 saturated heterocycles. The van der Waals surface area contributed by atoms with E-state index in [4.69, 9.17) is 4.98 Å².